The van der Waals surface area contributed by atoms with Gasteiger partial charge in [-0.1, -0.05) is 11.6 Å². The molecule has 2 amide bonds. The minimum atomic E-state index is -0.583. The second-order valence-electron chi connectivity index (χ2n) is 5.86. The van der Waals surface area contributed by atoms with Crippen LogP contribution in [0.5, 0.6) is 0 Å². The third-order valence-corrected chi connectivity index (χ3v) is 4.26. The minimum Gasteiger partial charge on any atom is -0.381 e. The smallest absolute Gasteiger partial charge is 0.254 e. The summed E-state index contributed by atoms with van der Waals surface area (Å²) in [7, 11) is 3.31. The first kappa shape index (κ1) is 20.7. The Morgan fingerprint density at radius 1 is 1.33 bits per heavy atom. The molecule has 3 N–H and O–H groups in total. The molecule has 0 radical (unpaired) electrons. The number of hydrogen-bond acceptors (Lipinski definition) is 4. The Hall–Kier alpha value is -1.34. The molecular weight excluding hydrogens is 353 g/mol. The van der Waals surface area contributed by atoms with Crippen LogP contribution in [0.25, 0.3) is 0 Å². The minimum absolute atomic E-state index is 0. The number of ether oxygens (including phenoxy) is 1. The average molecular weight is 376 g/mol. The van der Waals surface area contributed by atoms with Crippen molar-refractivity contribution in [1.29, 1.82) is 0 Å². The van der Waals surface area contributed by atoms with Gasteiger partial charge in [0.25, 0.3) is 5.91 Å². The quantitative estimate of drug-likeness (QED) is 0.844. The summed E-state index contributed by atoms with van der Waals surface area (Å²) in [6.07, 6.45) is 1.57. The number of benzene rings is 1. The van der Waals surface area contributed by atoms with Crippen LogP contribution in [0.3, 0.4) is 0 Å². The lowest BCUT2D eigenvalue weighted by Crippen LogP contribution is -2.44. The second-order valence-corrected chi connectivity index (χ2v) is 6.27. The number of carbonyl (C=O) groups excluding carboxylic acids is 2. The summed E-state index contributed by atoms with van der Waals surface area (Å²) in [5.74, 6) is -0.319. The number of rotatable bonds is 4. The first-order valence-corrected chi connectivity index (χ1v) is 7.93. The molecule has 6 nitrogen and oxygen atoms in total. The summed E-state index contributed by atoms with van der Waals surface area (Å²) in [4.78, 5) is 25.6. The topological polar surface area (TPSA) is 84.7 Å². The standard InChI is InChI=1S/C16H22ClN3O3.ClH/c1-20(2)16(22)12-4-3-11(9-13(12)17)19-15(21)14(18)10-5-7-23-8-6-10;/h3-4,9-10,14H,5-8,18H2,1-2H3,(H,19,21);1H. The van der Waals surface area contributed by atoms with Gasteiger partial charge in [0.1, 0.15) is 0 Å². The Balaban J connectivity index is 0.00000288. The van der Waals surface area contributed by atoms with Gasteiger partial charge >= 0.3 is 0 Å². The molecule has 0 bridgehead atoms. The van der Waals surface area contributed by atoms with Gasteiger partial charge in [-0.15, -0.1) is 12.4 Å². The molecule has 1 heterocycles. The van der Waals surface area contributed by atoms with Gasteiger partial charge in [0.05, 0.1) is 16.6 Å². The van der Waals surface area contributed by atoms with Gasteiger partial charge in [-0.3, -0.25) is 9.59 Å². The van der Waals surface area contributed by atoms with Gasteiger partial charge in [0.15, 0.2) is 0 Å². The molecule has 1 aromatic carbocycles. The van der Waals surface area contributed by atoms with E-state index in [0.29, 0.717) is 29.5 Å². The van der Waals surface area contributed by atoms with E-state index >= 15 is 0 Å². The van der Waals surface area contributed by atoms with E-state index in [1.165, 1.54) is 4.90 Å². The van der Waals surface area contributed by atoms with Crippen LogP contribution in [0.4, 0.5) is 5.69 Å². The molecule has 1 fully saturated rings. The number of nitrogens with zero attached hydrogens (tertiary/aromatic N) is 1. The highest BCUT2D eigenvalue weighted by atomic mass is 35.5. The van der Waals surface area contributed by atoms with E-state index in [2.05, 4.69) is 5.32 Å². The Bertz CT molecular complexity index is 590. The molecule has 1 saturated heterocycles. The van der Waals surface area contributed by atoms with Crippen molar-refractivity contribution in [2.24, 2.45) is 11.7 Å². The molecule has 134 valence electrons. The highest BCUT2D eigenvalue weighted by Gasteiger charge is 2.26. The van der Waals surface area contributed by atoms with Crippen LogP contribution < -0.4 is 11.1 Å². The predicted molar refractivity (Wildman–Crippen MR) is 96.9 cm³/mol. The van der Waals surface area contributed by atoms with Crippen molar-refractivity contribution in [3.05, 3.63) is 28.8 Å². The first-order valence-electron chi connectivity index (χ1n) is 7.55. The summed E-state index contributed by atoms with van der Waals surface area (Å²) in [5.41, 5.74) is 6.95. The molecular formula is C16H23Cl2N3O3. The van der Waals surface area contributed by atoms with Crippen molar-refractivity contribution < 1.29 is 14.3 Å². The Morgan fingerprint density at radius 3 is 2.50 bits per heavy atom. The van der Waals surface area contributed by atoms with E-state index in [1.807, 2.05) is 0 Å². The van der Waals surface area contributed by atoms with Gasteiger partial charge in [-0.2, -0.15) is 0 Å². The number of carbonyl (C=O) groups is 2. The van der Waals surface area contributed by atoms with Gasteiger partial charge in [-0.05, 0) is 37.0 Å². The molecule has 0 saturated carbocycles. The number of hydrogen-bond donors (Lipinski definition) is 2. The van der Waals surface area contributed by atoms with Crippen molar-refractivity contribution in [3.63, 3.8) is 0 Å². The fourth-order valence-corrected chi connectivity index (χ4v) is 2.78. The molecule has 1 aliphatic rings. The van der Waals surface area contributed by atoms with Gasteiger partial charge in [-0.25, -0.2) is 0 Å². The van der Waals surface area contributed by atoms with E-state index in [0.717, 1.165) is 12.8 Å². The van der Waals surface area contributed by atoms with Crippen LogP contribution in [0.1, 0.15) is 23.2 Å². The maximum atomic E-state index is 12.3. The Kier molecular flexibility index (Phi) is 7.96. The second kappa shape index (κ2) is 9.22. The molecule has 8 heteroatoms. The van der Waals surface area contributed by atoms with Crippen LogP contribution in [0, 0.1) is 5.92 Å². The van der Waals surface area contributed by atoms with Crippen molar-refractivity contribution in [3.8, 4) is 0 Å². The fraction of sp³-hybridized carbons (Fsp3) is 0.500. The van der Waals surface area contributed by atoms with Gasteiger partial charge in [0.2, 0.25) is 5.91 Å². The van der Waals surface area contributed by atoms with E-state index in [9.17, 15) is 9.59 Å². The van der Waals surface area contributed by atoms with E-state index in [-0.39, 0.29) is 30.1 Å². The summed E-state index contributed by atoms with van der Waals surface area (Å²) in [6, 6.07) is 4.23. The van der Waals surface area contributed by atoms with Gasteiger partial charge < -0.3 is 20.7 Å². The van der Waals surface area contributed by atoms with Crippen molar-refractivity contribution in [2.75, 3.05) is 32.6 Å². The van der Waals surface area contributed by atoms with Gasteiger partial charge in [0, 0.05) is 33.0 Å². The normalized spacial score (nSPS) is 16.0. The lowest BCUT2D eigenvalue weighted by Gasteiger charge is -2.26. The lowest BCUT2D eigenvalue weighted by molar-refractivity contribution is -0.119. The highest BCUT2D eigenvalue weighted by molar-refractivity contribution is 6.34. The molecule has 1 atom stereocenters. The highest BCUT2D eigenvalue weighted by Crippen LogP contribution is 2.23. The number of nitrogens with two attached hydrogens (primary N) is 1. The summed E-state index contributed by atoms with van der Waals surface area (Å²) >= 11 is 6.13. The number of nitrogens with one attached hydrogen (secondary N) is 1. The lowest BCUT2D eigenvalue weighted by atomic mass is 9.92. The molecule has 0 aromatic heterocycles. The Labute approximate surface area is 153 Å². The van der Waals surface area contributed by atoms with Crippen molar-refractivity contribution in [2.45, 2.75) is 18.9 Å². The zero-order valence-electron chi connectivity index (χ0n) is 13.8. The van der Waals surface area contributed by atoms with Crippen LogP contribution in [0.2, 0.25) is 5.02 Å². The maximum Gasteiger partial charge on any atom is 0.254 e. The third-order valence-electron chi connectivity index (χ3n) is 3.95. The van der Waals surface area contributed by atoms with Crippen LogP contribution >= 0.6 is 24.0 Å². The SMILES string of the molecule is CN(C)C(=O)c1ccc(NC(=O)C(N)C2CCOCC2)cc1Cl.Cl. The molecule has 0 spiro atoms. The van der Waals surface area contributed by atoms with Crippen molar-refractivity contribution >= 4 is 41.5 Å². The van der Waals surface area contributed by atoms with Crippen molar-refractivity contribution in [1.82, 2.24) is 4.90 Å². The van der Waals surface area contributed by atoms with Crippen LogP contribution in [0.15, 0.2) is 18.2 Å². The molecule has 2 rings (SSSR count). The molecule has 0 aliphatic carbocycles. The van der Waals surface area contributed by atoms with E-state index in [1.54, 1.807) is 32.3 Å². The summed E-state index contributed by atoms with van der Waals surface area (Å²) in [6.45, 7) is 1.28. The molecule has 1 aliphatic heterocycles. The van der Waals surface area contributed by atoms with E-state index in [4.69, 9.17) is 22.1 Å². The predicted octanol–water partition coefficient (Wildman–Crippen LogP) is 2.16. The zero-order valence-corrected chi connectivity index (χ0v) is 15.3. The third kappa shape index (κ3) is 5.08. The van der Waals surface area contributed by atoms with Crippen LogP contribution in [-0.4, -0.2) is 50.1 Å². The molecule has 1 aromatic rings. The first-order chi connectivity index (χ1) is 10.9. The van der Waals surface area contributed by atoms with Crippen LogP contribution in [-0.2, 0) is 9.53 Å². The number of halogens is 2. The monoisotopic (exact) mass is 375 g/mol. The molecule has 24 heavy (non-hydrogen) atoms. The van der Waals surface area contributed by atoms with E-state index < -0.39 is 6.04 Å². The summed E-state index contributed by atoms with van der Waals surface area (Å²) in [5, 5.41) is 3.05. The number of anilines is 1. The summed E-state index contributed by atoms with van der Waals surface area (Å²) < 4.78 is 5.28. The fourth-order valence-electron chi connectivity index (χ4n) is 2.52. The zero-order chi connectivity index (χ0) is 17.0. The maximum absolute atomic E-state index is 12.3. The molecule has 1 unspecified atom stereocenters. The number of amides is 2. The average Bonchev–Trinajstić information content (AvgIpc) is 2.54. The Morgan fingerprint density at radius 2 is 1.96 bits per heavy atom. The largest absolute Gasteiger partial charge is 0.381 e.